The smallest absolute Gasteiger partial charge is 0.264 e. The number of hydrogen-bond acceptors (Lipinski definition) is 4. The second kappa shape index (κ2) is 9.78. The van der Waals surface area contributed by atoms with Crippen molar-refractivity contribution in [1.82, 2.24) is 10.0 Å². The Bertz CT molecular complexity index is 842. The van der Waals surface area contributed by atoms with E-state index in [1.54, 1.807) is 19.1 Å². The van der Waals surface area contributed by atoms with Gasteiger partial charge in [0.2, 0.25) is 11.8 Å². The minimum atomic E-state index is -3.94. The predicted molar refractivity (Wildman–Crippen MR) is 103 cm³/mol. The van der Waals surface area contributed by atoms with Crippen LogP contribution in [0.3, 0.4) is 0 Å². The van der Waals surface area contributed by atoms with Gasteiger partial charge in [-0.1, -0.05) is 44.2 Å². The zero-order chi connectivity index (χ0) is 18.9. The molecule has 6 nitrogen and oxygen atoms in total. The molecule has 0 unspecified atom stereocenters. The minimum absolute atomic E-state index is 0. The molecule has 25 heavy (non-hydrogen) atoms. The van der Waals surface area contributed by atoms with Crippen LogP contribution in [0.15, 0.2) is 47.4 Å². The van der Waals surface area contributed by atoms with E-state index in [0.29, 0.717) is 6.54 Å². The number of nitrogens with one attached hydrogen (secondary N) is 2. The maximum absolute atomic E-state index is 12.2. The molecule has 0 aliphatic rings. The first-order valence-corrected chi connectivity index (χ1v) is 9.72. The fourth-order valence-corrected chi connectivity index (χ4v) is 3.16. The Kier molecular flexibility index (Phi) is 8.07. The second-order valence-corrected chi connectivity index (χ2v) is 6.67. The molecule has 2 aromatic rings. The van der Waals surface area contributed by atoms with Crippen molar-refractivity contribution < 1.29 is 20.9 Å². The second-order valence-electron chi connectivity index (χ2n) is 4.99. The summed E-state index contributed by atoms with van der Waals surface area (Å²) in [5.74, 6) is -0.991. The molecule has 2 amide bonds. The molecule has 0 aliphatic carbocycles. The normalized spacial score (nSPS) is 10.5. The Labute approximate surface area is 151 Å². The van der Waals surface area contributed by atoms with Crippen molar-refractivity contribution in [2.75, 3.05) is 6.54 Å². The third kappa shape index (κ3) is 6.19. The summed E-state index contributed by atoms with van der Waals surface area (Å²) in [7, 11) is -3.94. The molecule has 0 fully saturated rings. The van der Waals surface area contributed by atoms with Crippen LogP contribution in [0, 0.1) is 0 Å². The van der Waals surface area contributed by atoms with Crippen molar-refractivity contribution in [3.63, 3.8) is 0 Å². The largest absolute Gasteiger partial charge is 0.356 e. The van der Waals surface area contributed by atoms with E-state index in [2.05, 4.69) is 5.32 Å². The van der Waals surface area contributed by atoms with Gasteiger partial charge < -0.3 is 5.32 Å². The Morgan fingerprint density at radius 3 is 2.20 bits per heavy atom. The highest BCUT2D eigenvalue weighted by Gasteiger charge is 2.18. The lowest BCUT2D eigenvalue weighted by molar-refractivity contribution is -0.125. The van der Waals surface area contributed by atoms with Crippen molar-refractivity contribution in [2.24, 2.45) is 0 Å². The molecular weight excluding hydrogens is 340 g/mol. The summed E-state index contributed by atoms with van der Waals surface area (Å²) in [6.07, 6.45) is -0.231. The Morgan fingerprint density at radius 2 is 1.56 bits per heavy atom. The van der Waals surface area contributed by atoms with E-state index in [1.807, 2.05) is 36.8 Å². The van der Waals surface area contributed by atoms with Gasteiger partial charge in [-0.05, 0) is 29.8 Å². The molecule has 2 aromatic carbocycles. The standard InChI is InChI=1S/C16H18N2O4S.C2H6.2H2/c1-2-17-15(19)9-10-16(20)18-23(21,22)14-8-7-12-5-3-4-6-13(12)11-14;1-2;;/h3-8,11H,2,9-10H2,1H3,(H,17,19)(H,18,20);1-2H3;2*1H. The molecule has 0 aliphatic heterocycles. The van der Waals surface area contributed by atoms with Crippen LogP contribution in [0.2, 0.25) is 0 Å². The molecule has 140 valence electrons. The predicted octanol–water partition coefficient (Wildman–Crippen LogP) is 3.08. The summed E-state index contributed by atoms with van der Waals surface area (Å²) in [5.41, 5.74) is 0. The Balaban J connectivity index is 0. The topological polar surface area (TPSA) is 92.3 Å². The van der Waals surface area contributed by atoms with Crippen molar-refractivity contribution in [1.29, 1.82) is 0 Å². The van der Waals surface area contributed by atoms with Gasteiger partial charge in [0.1, 0.15) is 0 Å². The number of carbonyl (C=O) groups excluding carboxylic acids is 2. The highest BCUT2D eigenvalue weighted by Crippen LogP contribution is 2.18. The van der Waals surface area contributed by atoms with E-state index in [4.69, 9.17) is 0 Å². The molecule has 0 spiro atoms. The first-order chi connectivity index (χ1) is 11.9. The zero-order valence-corrected chi connectivity index (χ0v) is 15.5. The van der Waals surface area contributed by atoms with Gasteiger partial charge in [-0.25, -0.2) is 13.1 Å². The fraction of sp³-hybridized carbons (Fsp3) is 0.333. The van der Waals surface area contributed by atoms with E-state index in [0.717, 1.165) is 10.8 Å². The van der Waals surface area contributed by atoms with Crippen LogP contribution in [0.5, 0.6) is 0 Å². The van der Waals surface area contributed by atoms with Gasteiger partial charge >= 0.3 is 0 Å². The number of carbonyl (C=O) groups is 2. The highest BCUT2D eigenvalue weighted by molar-refractivity contribution is 7.90. The number of rotatable bonds is 6. The lowest BCUT2D eigenvalue weighted by Gasteiger charge is -2.08. The fourth-order valence-electron chi connectivity index (χ4n) is 2.11. The van der Waals surface area contributed by atoms with Crippen LogP contribution >= 0.6 is 0 Å². The van der Waals surface area contributed by atoms with Gasteiger partial charge in [-0.15, -0.1) is 0 Å². The SMILES string of the molecule is CC.CCNC(=O)CCC(=O)NS(=O)(=O)c1ccc2ccccc2c1.[HH].[HH]. The van der Waals surface area contributed by atoms with Crippen LogP contribution < -0.4 is 10.0 Å². The number of benzene rings is 2. The number of fused-ring (bicyclic) bond motifs is 1. The summed E-state index contributed by atoms with van der Waals surface area (Å²) in [6.45, 7) is 6.23. The molecule has 7 heteroatoms. The van der Waals surface area contributed by atoms with Crippen LogP contribution in [0.1, 0.15) is 36.5 Å². The van der Waals surface area contributed by atoms with E-state index in [1.165, 1.54) is 12.1 Å². The minimum Gasteiger partial charge on any atom is -0.356 e. The molecule has 2 rings (SSSR count). The molecule has 0 heterocycles. The lowest BCUT2D eigenvalue weighted by atomic mass is 10.1. The highest BCUT2D eigenvalue weighted by atomic mass is 32.2. The molecular formula is C18H28N2O4S. The first kappa shape index (κ1) is 20.6. The van der Waals surface area contributed by atoms with E-state index in [9.17, 15) is 18.0 Å². The third-order valence-electron chi connectivity index (χ3n) is 3.23. The summed E-state index contributed by atoms with van der Waals surface area (Å²) >= 11 is 0. The van der Waals surface area contributed by atoms with Gasteiger partial charge in [0, 0.05) is 22.2 Å². The summed E-state index contributed by atoms with van der Waals surface area (Å²) < 4.78 is 26.4. The van der Waals surface area contributed by atoms with Crippen LogP contribution in [0.4, 0.5) is 0 Å². The van der Waals surface area contributed by atoms with Gasteiger partial charge in [0.25, 0.3) is 10.0 Å². The first-order valence-electron chi connectivity index (χ1n) is 8.23. The Morgan fingerprint density at radius 1 is 0.960 bits per heavy atom. The lowest BCUT2D eigenvalue weighted by Crippen LogP contribution is -2.32. The molecule has 2 N–H and O–H groups in total. The van der Waals surface area contributed by atoms with Crippen molar-refractivity contribution in [3.8, 4) is 0 Å². The number of sulfonamides is 1. The molecule has 0 bridgehead atoms. The van der Waals surface area contributed by atoms with E-state index in [-0.39, 0.29) is 26.5 Å². The summed E-state index contributed by atoms with van der Waals surface area (Å²) in [4.78, 5) is 23.0. The summed E-state index contributed by atoms with van der Waals surface area (Å²) in [5, 5.41) is 4.23. The van der Waals surface area contributed by atoms with Gasteiger partial charge in [-0.3, -0.25) is 9.59 Å². The number of hydrogen-bond donors (Lipinski definition) is 2. The van der Waals surface area contributed by atoms with Crippen molar-refractivity contribution >= 4 is 32.6 Å². The molecule has 0 radical (unpaired) electrons. The van der Waals surface area contributed by atoms with Crippen LogP contribution in [0.25, 0.3) is 10.8 Å². The summed E-state index contributed by atoms with van der Waals surface area (Å²) in [6, 6.07) is 12.0. The maximum atomic E-state index is 12.2. The van der Waals surface area contributed by atoms with Crippen LogP contribution in [-0.2, 0) is 19.6 Å². The molecule has 0 atom stereocenters. The van der Waals surface area contributed by atoms with Gasteiger partial charge in [0.05, 0.1) is 4.90 Å². The van der Waals surface area contributed by atoms with E-state index < -0.39 is 15.9 Å². The number of amides is 2. The third-order valence-corrected chi connectivity index (χ3v) is 4.60. The van der Waals surface area contributed by atoms with Crippen molar-refractivity contribution in [2.45, 2.75) is 38.5 Å². The monoisotopic (exact) mass is 368 g/mol. The Hall–Kier alpha value is -2.41. The van der Waals surface area contributed by atoms with E-state index >= 15 is 0 Å². The molecule has 0 saturated carbocycles. The average Bonchev–Trinajstić information content (AvgIpc) is 2.61. The maximum Gasteiger partial charge on any atom is 0.264 e. The average molecular weight is 368 g/mol. The quantitative estimate of drug-likeness (QED) is 0.819. The molecule has 0 aromatic heterocycles. The van der Waals surface area contributed by atoms with Gasteiger partial charge in [0.15, 0.2) is 0 Å². The molecule has 0 saturated heterocycles. The van der Waals surface area contributed by atoms with Crippen LogP contribution in [-0.4, -0.2) is 26.8 Å². The van der Waals surface area contributed by atoms with Gasteiger partial charge in [-0.2, -0.15) is 0 Å². The zero-order valence-electron chi connectivity index (χ0n) is 14.7. The van der Waals surface area contributed by atoms with Crippen molar-refractivity contribution in [3.05, 3.63) is 42.5 Å².